The molecule has 1 aromatic heterocycles. The Morgan fingerprint density at radius 2 is 2.04 bits per heavy atom. The Morgan fingerprint density at radius 3 is 2.81 bits per heavy atom. The van der Waals surface area contributed by atoms with E-state index in [0.717, 1.165) is 23.1 Å². The zero-order valence-electron chi connectivity index (χ0n) is 15.3. The second kappa shape index (κ2) is 9.28. The molecule has 3 rings (SSSR count). The van der Waals surface area contributed by atoms with E-state index < -0.39 is 0 Å². The van der Waals surface area contributed by atoms with E-state index in [1.165, 1.54) is 0 Å². The molecule has 6 nitrogen and oxygen atoms in total. The van der Waals surface area contributed by atoms with Gasteiger partial charge in [0, 0.05) is 5.56 Å². The maximum absolute atomic E-state index is 6.33. The molecule has 3 aromatic rings. The van der Waals surface area contributed by atoms with Crippen LogP contribution in [0.4, 0.5) is 0 Å². The van der Waals surface area contributed by atoms with Crippen LogP contribution in [0.15, 0.2) is 46.0 Å². The molecule has 2 aromatic carbocycles. The number of oxazole rings is 1. The summed E-state index contributed by atoms with van der Waals surface area (Å²) in [5.41, 5.74) is 2.25. The van der Waals surface area contributed by atoms with Gasteiger partial charge in [0.05, 0.1) is 24.5 Å². The average Bonchev–Trinajstić information content (AvgIpc) is 3.08. The van der Waals surface area contributed by atoms with Gasteiger partial charge in [-0.05, 0) is 37.6 Å². The van der Waals surface area contributed by atoms with E-state index in [-0.39, 0.29) is 6.61 Å². The van der Waals surface area contributed by atoms with Crippen LogP contribution in [-0.4, -0.2) is 24.4 Å². The van der Waals surface area contributed by atoms with Crippen LogP contribution in [0, 0.1) is 0 Å². The molecule has 0 saturated heterocycles. The van der Waals surface area contributed by atoms with Crippen LogP contribution < -0.4 is 9.47 Å². The van der Waals surface area contributed by atoms with E-state index in [1.54, 1.807) is 12.3 Å². The Morgan fingerprint density at radius 1 is 1.19 bits per heavy atom. The Balaban J connectivity index is 1.66. The van der Waals surface area contributed by atoms with Gasteiger partial charge in [0.1, 0.15) is 5.52 Å². The first-order valence-corrected chi connectivity index (χ1v) is 9.18. The lowest BCUT2D eigenvalue weighted by molar-refractivity contribution is 0.113. The smallest absolute Gasteiger partial charge is 0.236 e. The van der Waals surface area contributed by atoms with Crippen molar-refractivity contribution in [3.63, 3.8) is 0 Å². The van der Waals surface area contributed by atoms with E-state index >= 15 is 0 Å². The summed E-state index contributed by atoms with van der Waals surface area (Å²) in [5.74, 6) is 1.59. The Labute approximate surface area is 162 Å². The lowest BCUT2D eigenvalue weighted by Gasteiger charge is -2.13. The van der Waals surface area contributed by atoms with Crippen molar-refractivity contribution in [2.45, 2.75) is 26.9 Å². The zero-order valence-corrected chi connectivity index (χ0v) is 16.0. The number of ether oxygens (including phenoxy) is 2. The normalized spacial score (nSPS) is 11.2. The molecule has 0 aliphatic heterocycles. The SMILES string of the molecule is CCCOc1c(Cl)cc(/C=N\OCc2nc3ccccc3o2)cc1OCC. The van der Waals surface area contributed by atoms with Crippen LogP contribution in [0.25, 0.3) is 11.1 Å². The van der Waals surface area contributed by atoms with E-state index in [2.05, 4.69) is 10.1 Å². The van der Waals surface area contributed by atoms with Gasteiger partial charge in [0.2, 0.25) is 5.89 Å². The number of halogens is 1. The average molecular weight is 389 g/mol. The van der Waals surface area contributed by atoms with Crippen molar-refractivity contribution in [2.75, 3.05) is 13.2 Å². The third-order valence-corrected chi connectivity index (χ3v) is 3.87. The second-order valence-corrected chi connectivity index (χ2v) is 6.10. The van der Waals surface area contributed by atoms with Crippen molar-refractivity contribution in [1.29, 1.82) is 0 Å². The van der Waals surface area contributed by atoms with Gasteiger partial charge in [-0.1, -0.05) is 35.8 Å². The van der Waals surface area contributed by atoms with Gasteiger partial charge >= 0.3 is 0 Å². The molecule has 1 heterocycles. The van der Waals surface area contributed by atoms with Crippen LogP contribution in [0.1, 0.15) is 31.7 Å². The number of hydrogen-bond acceptors (Lipinski definition) is 6. The molecule has 0 spiro atoms. The van der Waals surface area contributed by atoms with Crippen molar-refractivity contribution >= 4 is 28.9 Å². The number of fused-ring (bicyclic) bond motifs is 1. The summed E-state index contributed by atoms with van der Waals surface area (Å²) in [4.78, 5) is 9.61. The number of hydrogen-bond donors (Lipinski definition) is 0. The minimum atomic E-state index is 0.134. The van der Waals surface area contributed by atoms with Crippen LogP contribution in [0.3, 0.4) is 0 Å². The third-order valence-electron chi connectivity index (χ3n) is 3.58. The molecule has 0 aliphatic carbocycles. The lowest BCUT2D eigenvalue weighted by atomic mass is 10.2. The molecule has 0 N–H and O–H groups in total. The van der Waals surface area contributed by atoms with Gasteiger partial charge in [-0.3, -0.25) is 0 Å². The molecule has 0 saturated carbocycles. The number of rotatable bonds is 9. The van der Waals surface area contributed by atoms with Gasteiger partial charge in [0.25, 0.3) is 0 Å². The first-order chi connectivity index (χ1) is 13.2. The number of aromatic nitrogens is 1. The number of oxime groups is 1. The molecular weight excluding hydrogens is 368 g/mol. The Kier molecular flexibility index (Phi) is 6.54. The van der Waals surface area contributed by atoms with Crippen molar-refractivity contribution in [3.05, 3.63) is 52.9 Å². The maximum atomic E-state index is 6.33. The molecule has 0 atom stereocenters. The molecule has 0 radical (unpaired) electrons. The van der Waals surface area contributed by atoms with E-state index in [1.807, 2.05) is 44.2 Å². The largest absolute Gasteiger partial charge is 0.490 e. The van der Waals surface area contributed by atoms with Crippen molar-refractivity contribution in [2.24, 2.45) is 5.16 Å². The molecule has 0 unspecified atom stereocenters. The van der Waals surface area contributed by atoms with Gasteiger partial charge in [-0.15, -0.1) is 0 Å². The second-order valence-electron chi connectivity index (χ2n) is 5.69. The van der Waals surface area contributed by atoms with E-state index in [4.69, 9.17) is 30.3 Å². The van der Waals surface area contributed by atoms with E-state index in [9.17, 15) is 0 Å². The van der Waals surface area contributed by atoms with Crippen LogP contribution in [0.5, 0.6) is 11.5 Å². The standard InChI is InChI=1S/C20H21ClN2O4/c1-3-9-25-20-15(21)10-14(11-18(20)24-4-2)12-22-26-13-19-23-16-7-5-6-8-17(16)27-19/h5-8,10-12H,3-4,9,13H2,1-2H3/b22-12-. The molecule has 0 aliphatic rings. The predicted octanol–water partition coefficient (Wildman–Crippen LogP) is 5.22. The molecular formula is C20H21ClN2O4. The fourth-order valence-corrected chi connectivity index (χ4v) is 2.72. The molecule has 0 bridgehead atoms. The lowest BCUT2D eigenvalue weighted by Crippen LogP contribution is -2.01. The van der Waals surface area contributed by atoms with Gasteiger partial charge in [0.15, 0.2) is 23.7 Å². The summed E-state index contributed by atoms with van der Waals surface area (Å²) in [5, 5.41) is 4.43. The number of benzene rings is 2. The minimum Gasteiger partial charge on any atom is -0.490 e. The molecule has 27 heavy (non-hydrogen) atoms. The highest BCUT2D eigenvalue weighted by atomic mass is 35.5. The van der Waals surface area contributed by atoms with Crippen molar-refractivity contribution < 1.29 is 18.7 Å². The monoisotopic (exact) mass is 388 g/mol. The van der Waals surface area contributed by atoms with Crippen LogP contribution in [0.2, 0.25) is 5.02 Å². The van der Waals surface area contributed by atoms with Gasteiger partial charge in [-0.25, -0.2) is 4.98 Å². The van der Waals surface area contributed by atoms with Gasteiger partial charge < -0.3 is 18.7 Å². The Hall–Kier alpha value is -2.73. The molecule has 142 valence electrons. The van der Waals surface area contributed by atoms with Crippen LogP contribution >= 0.6 is 11.6 Å². The minimum absolute atomic E-state index is 0.134. The summed E-state index contributed by atoms with van der Waals surface area (Å²) < 4.78 is 16.9. The zero-order chi connectivity index (χ0) is 19.1. The predicted molar refractivity (Wildman–Crippen MR) is 105 cm³/mol. The summed E-state index contributed by atoms with van der Waals surface area (Å²) in [6, 6.07) is 11.1. The highest BCUT2D eigenvalue weighted by molar-refractivity contribution is 6.32. The third kappa shape index (κ3) is 4.92. The Bertz CT molecular complexity index is 890. The quantitative estimate of drug-likeness (QED) is 0.371. The fraction of sp³-hybridized carbons (Fsp3) is 0.300. The fourth-order valence-electron chi connectivity index (χ4n) is 2.44. The number of nitrogens with zero attached hydrogens (tertiary/aromatic N) is 2. The maximum Gasteiger partial charge on any atom is 0.236 e. The number of para-hydroxylation sites is 2. The van der Waals surface area contributed by atoms with Crippen LogP contribution in [-0.2, 0) is 11.4 Å². The van der Waals surface area contributed by atoms with E-state index in [0.29, 0.717) is 35.6 Å². The molecule has 0 fully saturated rings. The highest BCUT2D eigenvalue weighted by Gasteiger charge is 2.12. The van der Waals surface area contributed by atoms with Crippen molar-refractivity contribution in [1.82, 2.24) is 4.98 Å². The first kappa shape index (κ1) is 19.0. The topological polar surface area (TPSA) is 66.1 Å². The summed E-state index contributed by atoms with van der Waals surface area (Å²) in [6.07, 6.45) is 2.44. The summed E-state index contributed by atoms with van der Waals surface area (Å²) >= 11 is 6.33. The summed E-state index contributed by atoms with van der Waals surface area (Å²) in [6.45, 7) is 5.15. The molecule has 0 amide bonds. The summed E-state index contributed by atoms with van der Waals surface area (Å²) in [7, 11) is 0. The molecule has 7 heteroatoms. The highest BCUT2D eigenvalue weighted by Crippen LogP contribution is 2.36. The van der Waals surface area contributed by atoms with Gasteiger partial charge in [-0.2, -0.15) is 0 Å². The van der Waals surface area contributed by atoms with Crippen molar-refractivity contribution in [3.8, 4) is 11.5 Å². The first-order valence-electron chi connectivity index (χ1n) is 8.80.